The summed E-state index contributed by atoms with van der Waals surface area (Å²) in [5.74, 6) is 4.89. The molecule has 0 N–H and O–H groups in total. The predicted molar refractivity (Wildman–Crippen MR) is 87.5 cm³/mol. The summed E-state index contributed by atoms with van der Waals surface area (Å²) in [6, 6.07) is 8.48. The molecule has 0 aliphatic heterocycles. The Labute approximate surface area is 131 Å². The number of fused-ring (bicyclic) bond motifs is 2. The molecule has 3 rings (SSSR count). The van der Waals surface area contributed by atoms with Gasteiger partial charge in [0.25, 0.3) is 0 Å². The van der Waals surface area contributed by atoms with Crippen molar-refractivity contribution in [2.24, 2.45) is 23.7 Å². The Morgan fingerprint density at radius 2 is 2.10 bits per heavy atom. The van der Waals surface area contributed by atoms with Crippen LogP contribution in [-0.2, 0) is 6.42 Å². The average Bonchev–Trinajstić information content (AvgIpc) is 3.09. The molecule has 2 aliphatic rings. The van der Waals surface area contributed by atoms with E-state index in [1.54, 1.807) is 7.11 Å². The molecule has 2 aliphatic carbocycles. The molecule has 1 aromatic carbocycles. The number of rotatable bonds is 6. The second kappa shape index (κ2) is 6.51. The first-order valence-corrected chi connectivity index (χ1v) is 9.10. The standard InChI is InChI=1S/C18H25BrO/c1-20-18-5-3-2-4-16(18)10-14(12-19)11-17-9-13-6-7-15(17)8-13/h2-5,13-15,17H,6-12H2,1H3. The van der Waals surface area contributed by atoms with E-state index in [-0.39, 0.29) is 0 Å². The molecule has 1 nitrogen and oxygen atoms in total. The minimum atomic E-state index is 0.746. The lowest BCUT2D eigenvalue weighted by atomic mass is 9.81. The molecule has 0 aromatic heterocycles. The predicted octanol–water partition coefficient (Wildman–Crippen LogP) is 5.08. The van der Waals surface area contributed by atoms with Crippen molar-refractivity contribution in [1.29, 1.82) is 0 Å². The summed E-state index contributed by atoms with van der Waals surface area (Å²) in [4.78, 5) is 0. The highest BCUT2D eigenvalue weighted by atomic mass is 79.9. The minimum Gasteiger partial charge on any atom is -0.496 e. The average molecular weight is 337 g/mol. The molecule has 1 aromatic rings. The second-order valence-electron chi connectivity index (χ2n) is 6.71. The molecule has 0 saturated heterocycles. The highest BCUT2D eigenvalue weighted by Crippen LogP contribution is 2.50. The number of alkyl halides is 1. The molecule has 0 amide bonds. The van der Waals surface area contributed by atoms with Crippen molar-refractivity contribution in [3.8, 4) is 5.75 Å². The van der Waals surface area contributed by atoms with Gasteiger partial charge in [0.1, 0.15) is 5.75 Å². The van der Waals surface area contributed by atoms with Crippen LogP contribution in [0.5, 0.6) is 5.75 Å². The van der Waals surface area contributed by atoms with Crippen LogP contribution in [0.3, 0.4) is 0 Å². The Bertz CT molecular complexity index is 445. The van der Waals surface area contributed by atoms with Crippen LogP contribution in [0.4, 0.5) is 0 Å². The molecule has 2 fully saturated rings. The third-order valence-electron chi connectivity index (χ3n) is 5.44. The fraction of sp³-hybridized carbons (Fsp3) is 0.667. The van der Waals surface area contributed by atoms with Crippen molar-refractivity contribution >= 4 is 15.9 Å². The van der Waals surface area contributed by atoms with Gasteiger partial charge in [-0.2, -0.15) is 0 Å². The first kappa shape index (κ1) is 14.4. The molecule has 0 spiro atoms. The highest BCUT2D eigenvalue weighted by Gasteiger charge is 2.39. The Morgan fingerprint density at radius 1 is 1.25 bits per heavy atom. The molecule has 2 heteroatoms. The van der Waals surface area contributed by atoms with E-state index in [0.29, 0.717) is 0 Å². The fourth-order valence-corrected chi connectivity index (χ4v) is 4.97. The number of hydrogen-bond donors (Lipinski definition) is 0. The van der Waals surface area contributed by atoms with Gasteiger partial charge >= 0.3 is 0 Å². The summed E-state index contributed by atoms with van der Waals surface area (Å²) in [7, 11) is 1.78. The second-order valence-corrected chi connectivity index (χ2v) is 7.35. The molecule has 110 valence electrons. The van der Waals surface area contributed by atoms with E-state index in [1.807, 2.05) is 0 Å². The first-order chi connectivity index (χ1) is 9.80. The molecule has 20 heavy (non-hydrogen) atoms. The largest absolute Gasteiger partial charge is 0.496 e. The van der Waals surface area contributed by atoms with Crippen LogP contribution >= 0.6 is 15.9 Å². The van der Waals surface area contributed by atoms with E-state index >= 15 is 0 Å². The van der Waals surface area contributed by atoms with E-state index in [0.717, 1.165) is 41.2 Å². The molecule has 2 saturated carbocycles. The fourth-order valence-electron chi connectivity index (χ4n) is 4.48. The number of methoxy groups -OCH3 is 1. The van der Waals surface area contributed by atoms with Gasteiger partial charge in [0.15, 0.2) is 0 Å². The third kappa shape index (κ3) is 3.05. The van der Waals surface area contributed by atoms with Gasteiger partial charge in [0, 0.05) is 5.33 Å². The van der Waals surface area contributed by atoms with Crippen LogP contribution in [0.15, 0.2) is 24.3 Å². The zero-order chi connectivity index (χ0) is 13.9. The van der Waals surface area contributed by atoms with Crippen molar-refractivity contribution in [2.45, 2.75) is 38.5 Å². The normalized spacial score (nSPS) is 29.6. The minimum absolute atomic E-state index is 0.746. The summed E-state index contributed by atoms with van der Waals surface area (Å²) >= 11 is 3.74. The molecule has 0 heterocycles. The van der Waals surface area contributed by atoms with E-state index in [4.69, 9.17) is 4.74 Å². The number of para-hydroxylation sites is 1. The first-order valence-electron chi connectivity index (χ1n) is 7.98. The third-order valence-corrected chi connectivity index (χ3v) is 6.36. The summed E-state index contributed by atoms with van der Waals surface area (Å²) in [6.45, 7) is 0. The van der Waals surface area contributed by atoms with Crippen molar-refractivity contribution < 1.29 is 4.74 Å². The van der Waals surface area contributed by atoms with Crippen LogP contribution in [0, 0.1) is 23.7 Å². The Kier molecular flexibility index (Phi) is 4.70. The van der Waals surface area contributed by atoms with Crippen LogP contribution in [-0.4, -0.2) is 12.4 Å². The monoisotopic (exact) mass is 336 g/mol. The number of halogens is 1. The molecule has 4 unspecified atom stereocenters. The van der Waals surface area contributed by atoms with Crippen LogP contribution in [0.2, 0.25) is 0 Å². The Morgan fingerprint density at radius 3 is 2.75 bits per heavy atom. The maximum atomic E-state index is 5.49. The highest BCUT2D eigenvalue weighted by molar-refractivity contribution is 9.09. The van der Waals surface area contributed by atoms with Gasteiger partial charge in [0.05, 0.1) is 7.11 Å². The lowest BCUT2D eigenvalue weighted by Crippen LogP contribution is -2.18. The van der Waals surface area contributed by atoms with Gasteiger partial charge in [-0.05, 0) is 67.4 Å². The van der Waals surface area contributed by atoms with Crippen molar-refractivity contribution in [1.82, 2.24) is 0 Å². The molecular weight excluding hydrogens is 312 g/mol. The zero-order valence-electron chi connectivity index (χ0n) is 12.4. The van der Waals surface area contributed by atoms with Gasteiger partial charge in [-0.3, -0.25) is 0 Å². The smallest absolute Gasteiger partial charge is 0.122 e. The van der Waals surface area contributed by atoms with Crippen LogP contribution in [0.25, 0.3) is 0 Å². The maximum Gasteiger partial charge on any atom is 0.122 e. The molecular formula is C18H25BrO. The quantitative estimate of drug-likeness (QED) is 0.658. The van der Waals surface area contributed by atoms with E-state index in [1.165, 1.54) is 37.7 Å². The van der Waals surface area contributed by atoms with E-state index in [9.17, 15) is 0 Å². The number of hydrogen-bond acceptors (Lipinski definition) is 1. The van der Waals surface area contributed by atoms with Gasteiger partial charge < -0.3 is 4.74 Å². The Hall–Kier alpha value is -0.500. The van der Waals surface area contributed by atoms with Crippen molar-refractivity contribution in [3.63, 3.8) is 0 Å². The molecule has 2 bridgehead atoms. The van der Waals surface area contributed by atoms with E-state index in [2.05, 4.69) is 40.2 Å². The van der Waals surface area contributed by atoms with Crippen LogP contribution in [0.1, 0.15) is 37.7 Å². The van der Waals surface area contributed by atoms with Gasteiger partial charge in [-0.1, -0.05) is 40.5 Å². The van der Waals surface area contributed by atoms with Crippen molar-refractivity contribution in [2.75, 3.05) is 12.4 Å². The molecule has 0 radical (unpaired) electrons. The van der Waals surface area contributed by atoms with Crippen LogP contribution < -0.4 is 4.74 Å². The summed E-state index contributed by atoms with van der Waals surface area (Å²) < 4.78 is 5.49. The van der Waals surface area contributed by atoms with Crippen molar-refractivity contribution in [3.05, 3.63) is 29.8 Å². The van der Waals surface area contributed by atoms with E-state index < -0.39 is 0 Å². The summed E-state index contributed by atoms with van der Waals surface area (Å²) in [5.41, 5.74) is 1.36. The lowest BCUT2D eigenvalue weighted by molar-refractivity contribution is 0.276. The number of ether oxygens (including phenoxy) is 1. The van der Waals surface area contributed by atoms with Gasteiger partial charge in [-0.25, -0.2) is 0 Å². The maximum absolute atomic E-state index is 5.49. The van der Waals surface area contributed by atoms with Gasteiger partial charge in [0.2, 0.25) is 0 Å². The summed E-state index contributed by atoms with van der Waals surface area (Å²) in [5, 5.41) is 1.11. The van der Waals surface area contributed by atoms with Gasteiger partial charge in [-0.15, -0.1) is 0 Å². The summed E-state index contributed by atoms with van der Waals surface area (Å²) in [6.07, 6.45) is 8.56. The number of benzene rings is 1. The Balaban J connectivity index is 1.62. The molecule has 4 atom stereocenters. The zero-order valence-corrected chi connectivity index (χ0v) is 13.9. The topological polar surface area (TPSA) is 9.23 Å². The SMILES string of the molecule is COc1ccccc1CC(CBr)CC1CC2CCC1C2. The lowest BCUT2D eigenvalue weighted by Gasteiger charge is -2.26.